The van der Waals surface area contributed by atoms with Gasteiger partial charge in [0.25, 0.3) is 0 Å². The van der Waals surface area contributed by atoms with Gasteiger partial charge in [-0.25, -0.2) is 0 Å². The van der Waals surface area contributed by atoms with E-state index >= 15 is 0 Å². The maximum atomic E-state index is 12.5. The summed E-state index contributed by atoms with van der Waals surface area (Å²) in [5.74, 6) is 1.03. The Bertz CT molecular complexity index is 708. The second kappa shape index (κ2) is 9.45. The van der Waals surface area contributed by atoms with Crippen LogP contribution < -0.4 is 10.6 Å². The van der Waals surface area contributed by atoms with Crippen LogP contribution in [0.3, 0.4) is 0 Å². The Morgan fingerprint density at radius 2 is 1.88 bits per heavy atom. The van der Waals surface area contributed by atoms with Gasteiger partial charge in [0.05, 0.1) is 11.0 Å². The van der Waals surface area contributed by atoms with Crippen LogP contribution in [0.15, 0.2) is 54.6 Å². The van der Waals surface area contributed by atoms with Gasteiger partial charge in [-0.1, -0.05) is 61.0 Å². The molecule has 2 aromatic carbocycles. The quantitative estimate of drug-likeness (QED) is 0.776. The minimum atomic E-state index is 0.114. The first-order valence-electron chi connectivity index (χ1n) is 9.05. The fourth-order valence-corrected chi connectivity index (χ4v) is 4.51. The lowest BCUT2D eigenvalue weighted by Gasteiger charge is -2.30. The summed E-state index contributed by atoms with van der Waals surface area (Å²) in [5, 5.41) is 7.42. The molecule has 1 saturated heterocycles. The van der Waals surface area contributed by atoms with Crippen molar-refractivity contribution in [2.45, 2.75) is 24.6 Å². The first-order chi connectivity index (χ1) is 12.6. The number of nitrogens with one attached hydrogen (secondary N) is 2. The molecule has 2 aromatic rings. The van der Waals surface area contributed by atoms with E-state index in [9.17, 15) is 4.79 Å². The molecule has 0 aliphatic carbocycles. The zero-order valence-corrected chi connectivity index (χ0v) is 16.5. The topological polar surface area (TPSA) is 41.1 Å². The van der Waals surface area contributed by atoms with Gasteiger partial charge < -0.3 is 10.6 Å². The molecular formula is C21H25ClN2OS. The molecule has 5 heteroatoms. The molecule has 3 rings (SSSR count). The van der Waals surface area contributed by atoms with E-state index in [1.165, 1.54) is 5.56 Å². The van der Waals surface area contributed by atoms with Gasteiger partial charge in [-0.2, -0.15) is 0 Å². The Morgan fingerprint density at radius 1 is 1.19 bits per heavy atom. The molecule has 0 saturated carbocycles. The van der Waals surface area contributed by atoms with Crippen molar-refractivity contribution in [3.8, 4) is 0 Å². The van der Waals surface area contributed by atoms with Gasteiger partial charge in [-0.05, 0) is 48.7 Å². The molecule has 1 aliphatic rings. The summed E-state index contributed by atoms with van der Waals surface area (Å²) in [6, 6.07) is 18.5. The van der Waals surface area contributed by atoms with Gasteiger partial charge in [0.15, 0.2) is 0 Å². The number of benzene rings is 2. The summed E-state index contributed by atoms with van der Waals surface area (Å²) >= 11 is 7.70. The molecule has 2 N–H and O–H groups in total. The monoisotopic (exact) mass is 388 g/mol. The van der Waals surface area contributed by atoms with Crippen molar-refractivity contribution in [1.29, 1.82) is 0 Å². The van der Waals surface area contributed by atoms with Crippen molar-refractivity contribution in [3.05, 3.63) is 70.7 Å². The number of hydrogen-bond donors (Lipinski definition) is 2. The van der Waals surface area contributed by atoms with Crippen LogP contribution >= 0.6 is 23.4 Å². The zero-order chi connectivity index (χ0) is 18.4. The maximum absolute atomic E-state index is 12.5. The average Bonchev–Trinajstić information content (AvgIpc) is 2.66. The molecule has 1 amide bonds. The van der Waals surface area contributed by atoms with Crippen LogP contribution in [0.5, 0.6) is 0 Å². The number of carbonyl (C=O) groups excluding carboxylic acids is 1. The van der Waals surface area contributed by atoms with Gasteiger partial charge in [0, 0.05) is 11.1 Å². The SMILES string of the molecule is CC1CNCCC1NC(=O)CSC(c1ccccc1)c1ccc(Cl)cc1. The number of piperidine rings is 1. The zero-order valence-electron chi connectivity index (χ0n) is 15.0. The van der Waals surface area contributed by atoms with E-state index in [1.54, 1.807) is 11.8 Å². The average molecular weight is 389 g/mol. The summed E-state index contributed by atoms with van der Waals surface area (Å²) in [5.41, 5.74) is 2.36. The lowest BCUT2D eigenvalue weighted by molar-refractivity contribution is -0.119. The Balaban J connectivity index is 1.66. The second-order valence-electron chi connectivity index (χ2n) is 6.80. The Hall–Kier alpha value is -1.49. The van der Waals surface area contributed by atoms with E-state index in [0.717, 1.165) is 30.1 Å². The summed E-state index contributed by atoms with van der Waals surface area (Å²) in [6.45, 7) is 4.13. The third-order valence-corrected chi connectivity index (χ3v) is 6.35. The van der Waals surface area contributed by atoms with Crippen LogP contribution in [0.4, 0.5) is 0 Å². The molecule has 1 aliphatic heterocycles. The highest BCUT2D eigenvalue weighted by molar-refractivity contribution is 8.00. The van der Waals surface area contributed by atoms with Gasteiger partial charge in [-0.15, -0.1) is 11.8 Å². The number of halogens is 1. The summed E-state index contributed by atoms with van der Waals surface area (Å²) in [4.78, 5) is 12.5. The van der Waals surface area contributed by atoms with Crippen molar-refractivity contribution in [1.82, 2.24) is 10.6 Å². The largest absolute Gasteiger partial charge is 0.352 e. The molecule has 138 valence electrons. The summed E-state index contributed by atoms with van der Waals surface area (Å²) in [6.07, 6.45) is 0.997. The van der Waals surface area contributed by atoms with Crippen molar-refractivity contribution in [2.24, 2.45) is 5.92 Å². The number of hydrogen-bond acceptors (Lipinski definition) is 3. The molecule has 0 bridgehead atoms. The third kappa shape index (κ3) is 5.26. The molecule has 1 fully saturated rings. The van der Waals surface area contributed by atoms with E-state index in [4.69, 9.17) is 11.6 Å². The van der Waals surface area contributed by atoms with E-state index in [0.29, 0.717) is 11.7 Å². The van der Waals surface area contributed by atoms with Crippen molar-refractivity contribution in [2.75, 3.05) is 18.8 Å². The normalized spacial score (nSPS) is 21.2. The third-order valence-electron chi connectivity index (χ3n) is 4.79. The molecule has 3 nitrogen and oxygen atoms in total. The predicted molar refractivity (Wildman–Crippen MR) is 111 cm³/mol. The van der Waals surface area contributed by atoms with Gasteiger partial charge in [-0.3, -0.25) is 4.79 Å². The first kappa shape index (κ1) is 19.3. The van der Waals surface area contributed by atoms with Crippen LogP contribution in [-0.2, 0) is 4.79 Å². The first-order valence-corrected chi connectivity index (χ1v) is 10.5. The van der Waals surface area contributed by atoms with Gasteiger partial charge in [0.1, 0.15) is 0 Å². The minimum Gasteiger partial charge on any atom is -0.352 e. The Morgan fingerprint density at radius 3 is 2.58 bits per heavy atom. The molecule has 26 heavy (non-hydrogen) atoms. The van der Waals surface area contributed by atoms with Crippen molar-refractivity contribution >= 4 is 29.3 Å². The van der Waals surface area contributed by atoms with Crippen LogP contribution in [0, 0.1) is 5.92 Å². The van der Waals surface area contributed by atoms with Crippen LogP contribution in [-0.4, -0.2) is 30.8 Å². The smallest absolute Gasteiger partial charge is 0.230 e. The maximum Gasteiger partial charge on any atom is 0.230 e. The molecule has 1 heterocycles. The van der Waals surface area contributed by atoms with Crippen LogP contribution in [0.2, 0.25) is 5.02 Å². The number of thioether (sulfide) groups is 1. The summed E-state index contributed by atoms with van der Waals surface area (Å²) in [7, 11) is 0. The lowest BCUT2D eigenvalue weighted by atomic mass is 9.95. The molecule has 0 radical (unpaired) electrons. The van der Waals surface area contributed by atoms with Crippen LogP contribution in [0.1, 0.15) is 29.7 Å². The lowest BCUT2D eigenvalue weighted by Crippen LogP contribution is -2.48. The second-order valence-corrected chi connectivity index (χ2v) is 8.33. The number of carbonyl (C=O) groups is 1. The van der Waals surface area contributed by atoms with Crippen LogP contribution in [0.25, 0.3) is 0 Å². The minimum absolute atomic E-state index is 0.114. The molecule has 3 unspecified atom stereocenters. The number of amides is 1. The molecule has 0 spiro atoms. The highest BCUT2D eigenvalue weighted by Gasteiger charge is 2.23. The fourth-order valence-electron chi connectivity index (χ4n) is 3.29. The number of rotatable bonds is 6. The standard InChI is InChI=1S/C21H25ClN2OS/c1-15-13-23-12-11-19(15)24-20(25)14-26-21(16-5-3-2-4-6-16)17-7-9-18(22)10-8-17/h2-10,15,19,21,23H,11-14H2,1H3,(H,24,25). The van der Waals surface area contributed by atoms with E-state index in [2.05, 4.69) is 29.7 Å². The van der Waals surface area contributed by atoms with Gasteiger partial charge in [0.2, 0.25) is 5.91 Å². The highest BCUT2D eigenvalue weighted by Crippen LogP contribution is 2.36. The fraction of sp³-hybridized carbons (Fsp3) is 0.381. The predicted octanol–water partition coefficient (Wildman–Crippen LogP) is 4.28. The Labute approximate surface area is 164 Å². The molecular weight excluding hydrogens is 364 g/mol. The van der Waals surface area contributed by atoms with Gasteiger partial charge >= 0.3 is 0 Å². The van der Waals surface area contributed by atoms with E-state index in [1.807, 2.05) is 42.5 Å². The highest BCUT2D eigenvalue weighted by atomic mass is 35.5. The molecule has 0 aromatic heterocycles. The summed E-state index contributed by atoms with van der Waals surface area (Å²) < 4.78 is 0. The molecule has 3 atom stereocenters. The van der Waals surface area contributed by atoms with E-state index in [-0.39, 0.29) is 17.2 Å². The Kier molecular flexibility index (Phi) is 7.00. The van der Waals surface area contributed by atoms with Crippen molar-refractivity contribution in [3.63, 3.8) is 0 Å². The van der Waals surface area contributed by atoms with Crippen molar-refractivity contribution < 1.29 is 4.79 Å². The van der Waals surface area contributed by atoms with E-state index < -0.39 is 0 Å².